The third-order valence-electron chi connectivity index (χ3n) is 2.71. The second kappa shape index (κ2) is 4.69. The maximum absolute atomic E-state index is 3.72. The molecule has 1 saturated heterocycles. The average molecular weight is 227 g/mol. The van der Waals surface area contributed by atoms with E-state index >= 15 is 0 Å². The Bertz CT molecular complexity index is 271. The minimum absolute atomic E-state index is 0.553. The van der Waals surface area contributed by atoms with E-state index in [9.17, 15) is 0 Å². The Kier molecular flexibility index (Phi) is 3.52. The number of thiophene rings is 1. The Balaban J connectivity index is 2.14. The van der Waals surface area contributed by atoms with Gasteiger partial charge in [-0.05, 0) is 30.5 Å². The Morgan fingerprint density at radius 2 is 2.29 bits per heavy atom. The molecule has 3 unspecified atom stereocenters. The predicted molar refractivity (Wildman–Crippen MR) is 66.2 cm³/mol. The Morgan fingerprint density at radius 3 is 3.00 bits per heavy atom. The molecule has 2 rings (SSSR count). The lowest BCUT2D eigenvalue weighted by atomic mass is 10.1. The summed E-state index contributed by atoms with van der Waals surface area (Å²) in [5.41, 5.74) is 0. The van der Waals surface area contributed by atoms with Crippen LogP contribution in [0.5, 0.6) is 0 Å². The Labute approximate surface area is 94.3 Å². The molecule has 0 aliphatic carbocycles. The van der Waals surface area contributed by atoms with Crippen molar-refractivity contribution < 1.29 is 0 Å². The summed E-state index contributed by atoms with van der Waals surface area (Å²) in [6.07, 6.45) is 1.29. The van der Waals surface area contributed by atoms with Gasteiger partial charge in [-0.2, -0.15) is 11.8 Å². The van der Waals surface area contributed by atoms with Crippen LogP contribution in [0.4, 0.5) is 0 Å². The van der Waals surface area contributed by atoms with Gasteiger partial charge in [0.1, 0.15) is 0 Å². The van der Waals surface area contributed by atoms with Crippen LogP contribution >= 0.6 is 23.1 Å². The summed E-state index contributed by atoms with van der Waals surface area (Å²) in [5, 5.41) is 6.58. The number of rotatable bonds is 1. The van der Waals surface area contributed by atoms with E-state index in [1.54, 1.807) is 0 Å². The maximum atomic E-state index is 3.72. The van der Waals surface area contributed by atoms with Crippen LogP contribution in [-0.2, 0) is 0 Å². The molecule has 3 atom stereocenters. The first-order chi connectivity index (χ1) is 6.77. The fourth-order valence-electron chi connectivity index (χ4n) is 1.83. The van der Waals surface area contributed by atoms with Gasteiger partial charge in [0.2, 0.25) is 0 Å². The van der Waals surface area contributed by atoms with Crippen molar-refractivity contribution in [2.24, 2.45) is 0 Å². The predicted octanol–water partition coefficient (Wildman–Crippen LogP) is 3.29. The van der Waals surface area contributed by atoms with Crippen molar-refractivity contribution >= 4 is 23.1 Å². The molecule has 0 spiro atoms. The molecule has 3 heteroatoms. The lowest BCUT2D eigenvalue weighted by Gasteiger charge is -2.22. The van der Waals surface area contributed by atoms with Crippen molar-refractivity contribution in [3.05, 3.63) is 22.4 Å². The summed E-state index contributed by atoms with van der Waals surface area (Å²) in [4.78, 5) is 1.48. The third-order valence-corrected chi connectivity index (χ3v) is 4.94. The van der Waals surface area contributed by atoms with Crippen LogP contribution in [0, 0.1) is 0 Å². The molecule has 1 N–H and O–H groups in total. The zero-order chi connectivity index (χ0) is 9.97. The molecule has 2 heterocycles. The van der Waals surface area contributed by atoms with Crippen LogP contribution < -0.4 is 5.32 Å². The van der Waals surface area contributed by atoms with E-state index in [0.717, 1.165) is 0 Å². The molecule has 1 aliphatic rings. The zero-order valence-electron chi connectivity index (χ0n) is 8.69. The molecule has 0 bridgehead atoms. The molecule has 1 aromatic heterocycles. The fourth-order valence-corrected chi connectivity index (χ4v) is 4.09. The van der Waals surface area contributed by atoms with Crippen LogP contribution in [0.2, 0.25) is 0 Å². The second-order valence-electron chi connectivity index (χ2n) is 3.93. The van der Waals surface area contributed by atoms with Gasteiger partial charge in [0.05, 0.1) is 6.04 Å². The highest BCUT2D eigenvalue weighted by atomic mass is 32.2. The van der Waals surface area contributed by atoms with Crippen molar-refractivity contribution in [1.29, 1.82) is 0 Å². The van der Waals surface area contributed by atoms with Gasteiger partial charge in [-0.15, -0.1) is 11.3 Å². The molecular weight excluding hydrogens is 210 g/mol. The first kappa shape index (κ1) is 10.5. The lowest BCUT2D eigenvalue weighted by molar-refractivity contribution is 0.461. The van der Waals surface area contributed by atoms with Crippen LogP contribution in [-0.4, -0.2) is 17.0 Å². The van der Waals surface area contributed by atoms with E-state index < -0.39 is 0 Å². The smallest absolute Gasteiger partial charge is 0.0534 e. The average Bonchev–Trinajstić information content (AvgIpc) is 2.61. The molecule has 0 saturated carbocycles. The van der Waals surface area contributed by atoms with Crippen molar-refractivity contribution in [1.82, 2.24) is 5.32 Å². The van der Waals surface area contributed by atoms with Crippen LogP contribution in [0.3, 0.4) is 0 Å². The van der Waals surface area contributed by atoms with E-state index in [0.29, 0.717) is 17.3 Å². The fraction of sp³-hybridized carbons (Fsp3) is 0.636. The summed E-state index contributed by atoms with van der Waals surface area (Å²) in [5.74, 6) is 1.29. The quantitative estimate of drug-likeness (QED) is 0.790. The molecule has 14 heavy (non-hydrogen) atoms. The van der Waals surface area contributed by atoms with E-state index in [4.69, 9.17) is 0 Å². The molecule has 0 radical (unpaired) electrons. The standard InChI is InChI=1S/C11H17NS2/c1-8-5-7-13-9(2)11(12-8)10-4-3-6-14-10/h3-4,6,8-9,11-12H,5,7H2,1-2H3. The van der Waals surface area contributed by atoms with Gasteiger partial charge in [-0.25, -0.2) is 0 Å². The van der Waals surface area contributed by atoms with Crippen LogP contribution in [0.25, 0.3) is 0 Å². The lowest BCUT2D eigenvalue weighted by Crippen LogP contribution is -2.32. The molecule has 1 fully saturated rings. The highest BCUT2D eigenvalue weighted by Gasteiger charge is 2.24. The van der Waals surface area contributed by atoms with Gasteiger partial charge >= 0.3 is 0 Å². The molecule has 1 aliphatic heterocycles. The topological polar surface area (TPSA) is 12.0 Å². The Hall–Kier alpha value is 0.01000. The molecular formula is C11H17NS2. The Morgan fingerprint density at radius 1 is 1.43 bits per heavy atom. The van der Waals surface area contributed by atoms with E-state index in [1.165, 1.54) is 17.1 Å². The number of thioether (sulfide) groups is 1. The normalized spacial score (nSPS) is 34.0. The van der Waals surface area contributed by atoms with Gasteiger partial charge in [-0.1, -0.05) is 13.0 Å². The summed E-state index contributed by atoms with van der Waals surface area (Å²) in [6, 6.07) is 5.60. The summed E-state index contributed by atoms with van der Waals surface area (Å²) < 4.78 is 0. The SMILES string of the molecule is CC1CCSC(C)C(c2cccs2)N1. The number of nitrogens with one attached hydrogen (secondary N) is 1. The van der Waals surface area contributed by atoms with E-state index in [-0.39, 0.29) is 0 Å². The first-order valence-electron chi connectivity index (χ1n) is 5.18. The molecule has 1 nitrogen and oxygen atoms in total. The minimum Gasteiger partial charge on any atom is -0.306 e. The largest absolute Gasteiger partial charge is 0.306 e. The molecule has 78 valence electrons. The van der Waals surface area contributed by atoms with Gasteiger partial charge in [0, 0.05) is 16.2 Å². The summed E-state index contributed by atoms with van der Waals surface area (Å²) in [7, 11) is 0. The molecule has 1 aromatic rings. The highest BCUT2D eigenvalue weighted by Crippen LogP contribution is 2.32. The monoisotopic (exact) mass is 227 g/mol. The first-order valence-corrected chi connectivity index (χ1v) is 7.11. The third kappa shape index (κ3) is 2.33. The highest BCUT2D eigenvalue weighted by molar-refractivity contribution is 7.99. The van der Waals surface area contributed by atoms with Gasteiger partial charge in [0.15, 0.2) is 0 Å². The number of hydrogen-bond acceptors (Lipinski definition) is 3. The van der Waals surface area contributed by atoms with Crippen molar-refractivity contribution in [3.63, 3.8) is 0 Å². The van der Waals surface area contributed by atoms with Gasteiger partial charge < -0.3 is 5.32 Å². The van der Waals surface area contributed by atoms with E-state index in [2.05, 4.69) is 48.4 Å². The van der Waals surface area contributed by atoms with E-state index in [1.807, 2.05) is 11.3 Å². The van der Waals surface area contributed by atoms with Crippen molar-refractivity contribution in [2.75, 3.05) is 5.75 Å². The van der Waals surface area contributed by atoms with Gasteiger partial charge in [0.25, 0.3) is 0 Å². The van der Waals surface area contributed by atoms with Crippen LogP contribution in [0.1, 0.15) is 31.2 Å². The summed E-state index contributed by atoms with van der Waals surface area (Å²) in [6.45, 7) is 4.62. The van der Waals surface area contributed by atoms with Crippen LogP contribution in [0.15, 0.2) is 17.5 Å². The number of hydrogen-bond donors (Lipinski definition) is 1. The molecule has 0 amide bonds. The molecule has 0 aromatic carbocycles. The maximum Gasteiger partial charge on any atom is 0.0534 e. The van der Waals surface area contributed by atoms with Gasteiger partial charge in [-0.3, -0.25) is 0 Å². The second-order valence-corrected chi connectivity index (χ2v) is 6.39. The van der Waals surface area contributed by atoms with Crippen molar-refractivity contribution in [3.8, 4) is 0 Å². The minimum atomic E-state index is 0.553. The van der Waals surface area contributed by atoms with Crippen molar-refractivity contribution in [2.45, 2.75) is 37.6 Å². The zero-order valence-corrected chi connectivity index (χ0v) is 10.3. The summed E-state index contributed by atoms with van der Waals surface area (Å²) >= 11 is 3.96.